The summed E-state index contributed by atoms with van der Waals surface area (Å²) < 4.78 is 24.9. The molecule has 0 aliphatic rings. The molecule has 2 heterocycles. The zero-order valence-electron chi connectivity index (χ0n) is 17.4. The molecule has 0 aliphatic carbocycles. The van der Waals surface area contributed by atoms with Crippen molar-refractivity contribution in [1.82, 2.24) is 10.2 Å². The monoisotopic (exact) mass is 450 g/mol. The van der Waals surface area contributed by atoms with E-state index in [0.29, 0.717) is 27.5 Å². The largest absolute Gasteiger partial charge is 0.493 e. The van der Waals surface area contributed by atoms with Crippen LogP contribution < -0.4 is 9.47 Å². The topological polar surface area (TPSA) is 78.4 Å². The summed E-state index contributed by atoms with van der Waals surface area (Å²) in [6.45, 7) is 0. The van der Waals surface area contributed by atoms with Gasteiger partial charge >= 0.3 is 0 Å². The maximum absolute atomic E-state index is 13.9. The summed E-state index contributed by atoms with van der Waals surface area (Å²) in [7, 11) is 3.01. The Labute approximate surface area is 187 Å². The average molecular weight is 450 g/mol. The van der Waals surface area contributed by atoms with E-state index in [0.717, 1.165) is 10.9 Å². The predicted molar refractivity (Wildman–Crippen MR) is 120 cm³/mol. The minimum absolute atomic E-state index is 0.00774. The van der Waals surface area contributed by atoms with Crippen LogP contribution in [0.3, 0.4) is 0 Å². The van der Waals surface area contributed by atoms with Gasteiger partial charge in [-0.25, -0.2) is 4.39 Å². The van der Waals surface area contributed by atoms with Crippen LogP contribution in [-0.2, 0) is 0 Å². The van der Waals surface area contributed by atoms with E-state index in [1.54, 1.807) is 36.4 Å². The third-order valence-corrected chi connectivity index (χ3v) is 6.07. The number of fused-ring (bicyclic) bond motifs is 1. The summed E-state index contributed by atoms with van der Waals surface area (Å²) in [5.74, 6) is 0.232. The van der Waals surface area contributed by atoms with Crippen molar-refractivity contribution in [1.29, 1.82) is 0 Å². The van der Waals surface area contributed by atoms with Gasteiger partial charge in [0.05, 0.1) is 24.6 Å². The van der Waals surface area contributed by atoms with E-state index < -0.39 is 0 Å². The Hall–Kier alpha value is -3.65. The first-order valence-electron chi connectivity index (χ1n) is 9.80. The number of hydrogen-bond donors (Lipinski definition) is 0. The van der Waals surface area contributed by atoms with Crippen molar-refractivity contribution in [2.45, 2.75) is 12.8 Å². The Kier molecular flexibility index (Phi) is 6.23. The van der Waals surface area contributed by atoms with Gasteiger partial charge in [-0.3, -0.25) is 9.59 Å². The second-order valence-corrected chi connectivity index (χ2v) is 7.87. The molecule has 32 heavy (non-hydrogen) atoms. The third-order valence-electron chi connectivity index (χ3n) is 5.06. The second kappa shape index (κ2) is 9.23. The summed E-state index contributed by atoms with van der Waals surface area (Å²) in [6.07, 6.45) is 0.0417. The number of carbonyl (C=O) groups is 2. The molecule has 4 rings (SSSR count). The Balaban J connectivity index is 1.44. The van der Waals surface area contributed by atoms with E-state index in [1.807, 2.05) is 11.4 Å². The molecule has 0 bridgehead atoms. The molecule has 0 radical (unpaired) electrons. The maximum Gasteiger partial charge on any atom is 0.183 e. The van der Waals surface area contributed by atoms with Crippen molar-refractivity contribution in [2.24, 2.45) is 0 Å². The zero-order chi connectivity index (χ0) is 22.7. The standard InChI is InChI=1S/C24H19FN2O4S/c1-30-22-11-6-14(12-23(22)31-2)20(28)9-10-21(29)19-8-7-18(26-27-19)16-13-32-24-15(16)4-3-5-17(24)25/h3-8,11-13H,9-10H2,1-2H3. The predicted octanol–water partition coefficient (Wildman–Crippen LogP) is 5.36. The highest BCUT2D eigenvalue weighted by Gasteiger charge is 2.16. The third kappa shape index (κ3) is 4.22. The number of nitrogens with zero attached hydrogens (tertiary/aromatic N) is 2. The number of ketones is 2. The average Bonchev–Trinajstić information content (AvgIpc) is 3.27. The fourth-order valence-electron chi connectivity index (χ4n) is 3.35. The fourth-order valence-corrected chi connectivity index (χ4v) is 4.32. The van der Waals surface area contributed by atoms with Crippen LogP contribution in [0, 0.1) is 5.82 Å². The maximum atomic E-state index is 13.9. The summed E-state index contributed by atoms with van der Waals surface area (Å²) in [5, 5.41) is 10.7. The van der Waals surface area contributed by atoms with Crippen LogP contribution in [-0.4, -0.2) is 36.0 Å². The molecule has 0 saturated heterocycles. The molecule has 0 N–H and O–H groups in total. The van der Waals surface area contributed by atoms with Gasteiger partial charge in [-0.1, -0.05) is 12.1 Å². The molecule has 4 aromatic rings. The Morgan fingerprint density at radius 3 is 2.44 bits per heavy atom. The van der Waals surface area contributed by atoms with Crippen LogP contribution in [0.2, 0.25) is 0 Å². The number of hydrogen-bond acceptors (Lipinski definition) is 7. The van der Waals surface area contributed by atoms with Crippen molar-refractivity contribution in [3.05, 3.63) is 71.0 Å². The minimum atomic E-state index is -0.280. The van der Waals surface area contributed by atoms with Crippen molar-refractivity contribution < 1.29 is 23.5 Å². The Morgan fingerprint density at radius 2 is 1.72 bits per heavy atom. The summed E-state index contributed by atoms with van der Waals surface area (Å²) >= 11 is 1.30. The van der Waals surface area contributed by atoms with Crippen LogP contribution in [0.4, 0.5) is 4.39 Å². The molecule has 6 nitrogen and oxygen atoms in total. The quantitative estimate of drug-likeness (QED) is 0.336. The highest BCUT2D eigenvalue weighted by molar-refractivity contribution is 7.17. The Morgan fingerprint density at radius 1 is 0.938 bits per heavy atom. The first-order chi connectivity index (χ1) is 15.5. The summed E-state index contributed by atoms with van der Waals surface area (Å²) in [4.78, 5) is 25.0. The van der Waals surface area contributed by atoms with E-state index >= 15 is 0 Å². The number of benzene rings is 2. The highest BCUT2D eigenvalue weighted by Crippen LogP contribution is 2.34. The van der Waals surface area contributed by atoms with Crippen molar-refractivity contribution in [3.63, 3.8) is 0 Å². The second-order valence-electron chi connectivity index (χ2n) is 6.99. The molecular weight excluding hydrogens is 431 g/mol. The normalized spacial score (nSPS) is 10.8. The molecule has 2 aromatic heterocycles. The molecule has 162 valence electrons. The molecule has 0 fully saturated rings. The van der Waals surface area contributed by atoms with Gasteiger partial charge < -0.3 is 9.47 Å². The Bertz CT molecular complexity index is 1300. The fraction of sp³-hybridized carbons (Fsp3) is 0.167. The first-order valence-corrected chi connectivity index (χ1v) is 10.7. The molecule has 0 aliphatic heterocycles. The summed E-state index contributed by atoms with van der Waals surface area (Å²) in [5.41, 5.74) is 1.94. The van der Waals surface area contributed by atoms with Gasteiger partial charge in [0, 0.05) is 34.7 Å². The van der Waals surface area contributed by atoms with Gasteiger partial charge in [0.2, 0.25) is 0 Å². The van der Waals surface area contributed by atoms with Gasteiger partial charge in [0.15, 0.2) is 23.1 Å². The van der Waals surface area contributed by atoms with E-state index in [9.17, 15) is 14.0 Å². The van der Waals surface area contributed by atoms with Crippen LogP contribution >= 0.6 is 11.3 Å². The molecule has 0 unspecified atom stereocenters. The van der Waals surface area contributed by atoms with E-state index in [2.05, 4.69) is 10.2 Å². The molecule has 0 amide bonds. The highest BCUT2D eigenvalue weighted by atomic mass is 32.1. The molecule has 0 saturated carbocycles. The summed E-state index contributed by atoms with van der Waals surface area (Å²) in [6, 6.07) is 13.0. The van der Waals surface area contributed by atoms with E-state index in [-0.39, 0.29) is 35.9 Å². The smallest absolute Gasteiger partial charge is 0.183 e. The number of Topliss-reactive ketones (excluding diaryl/α,β-unsaturated/α-hetero) is 2. The minimum Gasteiger partial charge on any atom is -0.493 e. The lowest BCUT2D eigenvalue weighted by Gasteiger charge is -2.09. The lowest BCUT2D eigenvalue weighted by atomic mass is 10.0. The van der Waals surface area contributed by atoms with Gasteiger partial charge in [-0.2, -0.15) is 0 Å². The number of aromatic nitrogens is 2. The number of halogens is 1. The SMILES string of the molecule is COc1ccc(C(=O)CCC(=O)c2ccc(-c3csc4c(F)cccc34)nn2)cc1OC. The first kappa shape index (κ1) is 21.6. The molecule has 0 atom stereocenters. The van der Waals surface area contributed by atoms with Gasteiger partial charge in [0.1, 0.15) is 11.5 Å². The number of methoxy groups -OCH3 is 2. The van der Waals surface area contributed by atoms with E-state index in [1.165, 1.54) is 31.6 Å². The molecule has 0 spiro atoms. The van der Waals surface area contributed by atoms with E-state index in [4.69, 9.17) is 9.47 Å². The van der Waals surface area contributed by atoms with Crippen LogP contribution in [0.25, 0.3) is 21.3 Å². The van der Waals surface area contributed by atoms with Crippen LogP contribution in [0.15, 0.2) is 53.9 Å². The van der Waals surface area contributed by atoms with Crippen molar-refractivity contribution >= 4 is 33.0 Å². The molecule has 2 aromatic carbocycles. The van der Waals surface area contributed by atoms with Gasteiger partial charge in [0.25, 0.3) is 0 Å². The number of thiophene rings is 1. The lowest BCUT2D eigenvalue weighted by molar-refractivity contribution is 0.0914. The number of rotatable bonds is 8. The van der Waals surface area contributed by atoms with Crippen molar-refractivity contribution in [2.75, 3.05) is 14.2 Å². The number of carbonyl (C=O) groups excluding carboxylic acids is 2. The van der Waals surface area contributed by atoms with Gasteiger partial charge in [-0.15, -0.1) is 21.5 Å². The van der Waals surface area contributed by atoms with Gasteiger partial charge in [-0.05, 0) is 36.4 Å². The van der Waals surface area contributed by atoms with Crippen LogP contribution in [0.1, 0.15) is 33.7 Å². The van der Waals surface area contributed by atoms with Crippen LogP contribution in [0.5, 0.6) is 11.5 Å². The lowest BCUT2D eigenvalue weighted by Crippen LogP contribution is -2.08. The van der Waals surface area contributed by atoms with Crippen molar-refractivity contribution in [3.8, 4) is 22.8 Å². The number of ether oxygens (including phenoxy) is 2. The molecular formula is C24H19FN2O4S. The zero-order valence-corrected chi connectivity index (χ0v) is 18.2. The molecule has 8 heteroatoms.